The maximum atomic E-state index is 10.1. The van der Waals surface area contributed by atoms with Gasteiger partial charge in [-0.25, -0.2) is 0 Å². The van der Waals surface area contributed by atoms with Crippen molar-refractivity contribution < 1.29 is 14.6 Å². The molecule has 1 N–H and O–H groups in total. The molecule has 0 amide bonds. The van der Waals surface area contributed by atoms with Gasteiger partial charge in [0.15, 0.2) is 0 Å². The number of benzene rings is 1. The summed E-state index contributed by atoms with van der Waals surface area (Å²) in [7, 11) is 1.66. The first-order valence-electron chi connectivity index (χ1n) is 5.40. The SMILES string of the molecule is COCc1cccc(C(O)C2=CCCO2)c1. The van der Waals surface area contributed by atoms with Gasteiger partial charge in [-0.05, 0) is 17.2 Å². The van der Waals surface area contributed by atoms with E-state index in [9.17, 15) is 5.11 Å². The lowest BCUT2D eigenvalue weighted by molar-refractivity contribution is 0.118. The van der Waals surface area contributed by atoms with E-state index in [-0.39, 0.29) is 0 Å². The molecule has 16 heavy (non-hydrogen) atoms. The molecule has 2 rings (SSSR count). The second kappa shape index (κ2) is 5.14. The van der Waals surface area contributed by atoms with E-state index in [1.54, 1.807) is 7.11 Å². The van der Waals surface area contributed by atoms with Crippen LogP contribution in [0.2, 0.25) is 0 Å². The van der Waals surface area contributed by atoms with Crippen molar-refractivity contribution in [3.63, 3.8) is 0 Å². The molecule has 86 valence electrons. The number of ether oxygens (including phenoxy) is 2. The number of hydrogen-bond acceptors (Lipinski definition) is 3. The lowest BCUT2D eigenvalue weighted by atomic mass is 10.0. The molecule has 0 radical (unpaired) electrons. The Labute approximate surface area is 95.3 Å². The highest BCUT2D eigenvalue weighted by atomic mass is 16.5. The standard InChI is InChI=1S/C13H16O3/c1-15-9-10-4-2-5-11(8-10)13(14)12-6-3-7-16-12/h2,4-6,8,13-14H,3,7,9H2,1H3. The molecule has 1 aliphatic rings. The first-order valence-corrected chi connectivity index (χ1v) is 5.40. The lowest BCUT2D eigenvalue weighted by Crippen LogP contribution is -2.03. The smallest absolute Gasteiger partial charge is 0.136 e. The van der Waals surface area contributed by atoms with Crippen LogP contribution in [0.25, 0.3) is 0 Å². The number of methoxy groups -OCH3 is 1. The molecule has 3 nitrogen and oxygen atoms in total. The second-order valence-electron chi connectivity index (χ2n) is 3.82. The molecule has 0 fully saturated rings. The quantitative estimate of drug-likeness (QED) is 0.845. The maximum Gasteiger partial charge on any atom is 0.136 e. The van der Waals surface area contributed by atoms with Gasteiger partial charge < -0.3 is 14.6 Å². The largest absolute Gasteiger partial charge is 0.495 e. The molecule has 1 unspecified atom stereocenters. The van der Waals surface area contributed by atoms with E-state index < -0.39 is 6.10 Å². The van der Waals surface area contributed by atoms with Gasteiger partial charge in [0.25, 0.3) is 0 Å². The summed E-state index contributed by atoms with van der Waals surface area (Å²) in [5.74, 6) is 0.662. The lowest BCUT2D eigenvalue weighted by Gasteiger charge is -2.13. The van der Waals surface area contributed by atoms with E-state index in [4.69, 9.17) is 9.47 Å². The summed E-state index contributed by atoms with van der Waals surface area (Å²) in [4.78, 5) is 0. The minimum absolute atomic E-state index is 0.556. The topological polar surface area (TPSA) is 38.7 Å². The monoisotopic (exact) mass is 220 g/mol. The number of hydrogen-bond donors (Lipinski definition) is 1. The fraction of sp³-hybridized carbons (Fsp3) is 0.385. The fourth-order valence-electron chi connectivity index (χ4n) is 1.81. The molecular weight excluding hydrogens is 204 g/mol. The summed E-state index contributed by atoms with van der Waals surface area (Å²) >= 11 is 0. The molecular formula is C13H16O3. The Morgan fingerprint density at radius 1 is 1.50 bits per heavy atom. The van der Waals surface area contributed by atoms with Crippen LogP contribution in [0.4, 0.5) is 0 Å². The Balaban J connectivity index is 2.15. The van der Waals surface area contributed by atoms with Crippen LogP contribution in [0.15, 0.2) is 36.1 Å². The summed E-state index contributed by atoms with van der Waals surface area (Å²) in [6, 6.07) is 7.73. The summed E-state index contributed by atoms with van der Waals surface area (Å²) in [5, 5.41) is 10.1. The highest BCUT2D eigenvalue weighted by Gasteiger charge is 2.17. The molecule has 0 aliphatic carbocycles. The highest BCUT2D eigenvalue weighted by Crippen LogP contribution is 2.26. The van der Waals surface area contributed by atoms with Crippen molar-refractivity contribution in [3.8, 4) is 0 Å². The summed E-state index contributed by atoms with van der Waals surface area (Å²) in [6.45, 7) is 1.23. The van der Waals surface area contributed by atoms with Crippen LogP contribution in [0.5, 0.6) is 0 Å². The summed E-state index contributed by atoms with van der Waals surface area (Å²) < 4.78 is 10.4. The molecule has 1 aromatic rings. The molecule has 1 aromatic carbocycles. The van der Waals surface area contributed by atoms with Gasteiger partial charge in [0.05, 0.1) is 13.2 Å². The Morgan fingerprint density at radius 2 is 2.38 bits per heavy atom. The third kappa shape index (κ3) is 2.43. The zero-order valence-electron chi connectivity index (χ0n) is 9.35. The van der Waals surface area contributed by atoms with Crippen LogP contribution < -0.4 is 0 Å². The predicted molar refractivity (Wildman–Crippen MR) is 60.8 cm³/mol. The molecule has 0 saturated carbocycles. The molecule has 1 heterocycles. The zero-order valence-corrected chi connectivity index (χ0v) is 9.35. The molecule has 0 aromatic heterocycles. The maximum absolute atomic E-state index is 10.1. The van der Waals surface area contributed by atoms with Gasteiger partial charge in [0.1, 0.15) is 11.9 Å². The average Bonchev–Trinajstić information content (AvgIpc) is 2.82. The van der Waals surface area contributed by atoms with Crippen molar-refractivity contribution in [1.29, 1.82) is 0 Å². The number of aliphatic hydroxyl groups excluding tert-OH is 1. The van der Waals surface area contributed by atoms with Crippen LogP contribution in [-0.2, 0) is 16.1 Å². The van der Waals surface area contributed by atoms with Gasteiger partial charge in [-0.15, -0.1) is 0 Å². The Bertz CT molecular complexity index is 385. The molecule has 0 saturated heterocycles. The van der Waals surface area contributed by atoms with Gasteiger partial charge in [-0.2, -0.15) is 0 Å². The first-order chi connectivity index (χ1) is 7.81. The van der Waals surface area contributed by atoms with Crippen LogP contribution in [0, 0.1) is 0 Å². The van der Waals surface area contributed by atoms with Crippen LogP contribution in [0.3, 0.4) is 0 Å². The van der Waals surface area contributed by atoms with Gasteiger partial charge >= 0.3 is 0 Å². The summed E-state index contributed by atoms with van der Waals surface area (Å²) in [5.41, 5.74) is 1.90. The Hall–Kier alpha value is -1.32. The van der Waals surface area contributed by atoms with E-state index in [0.717, 1.165) is 17.5 Å². The fourth-order valence-corrected chi connectivity index (χ4v) is 1.81. The molecule has 1 atom stereocenters. The minimum atomic E-state index is -0.653. The first kappa shape index (κ1) is 11.2. The van der Waals surface area contributed by atoms with Crippen LogP contribution in [0.1, 0.15) is 23.7 Å². The highest BCUT2D eigenvalue weighted by molar-refractivity contribution is 5.29. The van der Waals surface area contributed by atoms with Crippen molar-refractivity contribution in [2.75, 3.05) is 13.7 Å². The van der Waals surface area contributed by atoms with Crippen LogP contribution >= 0.6 is 0 Å². The van der Waals surface area contributed by atoms with E-state index >= 15 is 0 Å². The van der Waals surface area contributed by atoms with Gasteiger partial charge in [0.2, 0.25) is 0 Å². The van der Waals surface area contributed by atoms with E-state index in [2.05, 4.69) is 0 Å². The zero-order chi connectivity index (χ0) is 11.4. The molecule has 0 spiro atoms. The van der Waals surface area contributed by atoms with Crippen LogP contribution in [-0.4, -0.2) is 18.8 Å². The summed E-state index contributed by atoms with van der Waals surface area (Å²) in [6.07, 6.45) is 2.16. The molecule has 1 aliphatic heterocycles. The number of rotatable bonds is 4. The Kier molecular flexibility index (Phi) is 3.59. The van der Waals surface area contributed by atoms with Crippen molar-refractivity contribution in [3.05, 3.63) is 47.2 Å². The number of aliphatic hydroxyl groups is 1. The van der Waals surface area contributed by atoms with Crippen molar-refractivity contribution in [2.24, 2.45) is 0 Å². The average molecular weight is 220 g/mol. The third-order valence-electron chi connectivity index (χ3n) is 2.58. The van der Waals surface area contributed by atoms with E-state index in [1.165, 1.54) is 0 Å². The van der Waals surface area contributed by atoms with Gasteiger partial charge in [-0.3, -0.25) is 0 Å². The molecule has 0 bridgehead atoms. The third-order valence-corrected chi connectivity index (χ3v) is 2.58. The molecule has 3 heteroatoms. The normalized spacial score (nSPS) is 16.8. The Morgan fingerprint density at radius 3 is 3.06 bits per heavy atom. The minimum Gasteiger partial charge on any atom is -0.495 e. The van der Waals surface area contributed by atoms with Crippen molar-refractivity contribution in [2.45, 2.75) is 19.1 Å². The van der Waals surface area contributed by atoms with Gasteiger partial charge in [-0.1, -0.05) is 24.3 Å². The predicted octanol–water partition coefficient (Wildman–Crippen LogP) is 2.17. The van der Waals surface area contributed by atoms with Gasteiger partial charge in [0, 0.05) is 13.5 Å². The second-order valence-corrected chi connectivity index (χ2v) is 3.82. The van der Waals surface area contributed by atoms with Crippen molar-refractivity contribution >= 4 is 0 Å². The van der Waals surface area contributed by atoms with E-state index in [0.29, 0.717) is 19.0 Å². The van der Waals surface area contributed by atoms with Crippen molar-refractivity contribution in [1.82, 2.24) is 0 Å². The van der Waals surface area contributed by atoms with E-state index in [1.807, 2.05) is 30.3 Å².